The molecule has 1 aromatic carbocycles. The maximum Gasteiger partial charge on any atom is 0.317 e. The van der Waals surface area contributed by atoms with E-state index in [1.165, 1.54) is 29.2 Å². The molecule has 1 heterocycles. The van der Waals surface area contributed by atoms with Gasteiger partial charge in [0.05, 0.1) is 16.1 Å². The Morgan fingerprint density at radius 2 is 1.77 bits per heavy atom. The molecule has 2 amide bonds. The van der Waals surface area contributed by atoms with Crippen LogP contribution < -0.4 is 10.1 Å². The summed E-state index contributed by atoms with van der Waals surface area (Å²) < 4.78 is 31.3. The van der Waals surface area contributed by atoms with Crippen molar-refractivity contribution in [2.45, 2.75) is 51.0 Å². The monoisotopic (exact) mass is 450 g/mol. The zero-order chi connectivity index (χ0) is 23.3. The van der Waals surface area contributed by atoms with Gasteiger partial charge in [0.2, 0.25) is 0 Å². The summed E-state index contributed by atoms with van der Waals surface area (Å²) >= 11 is 0. The number of nitrogens with one attached hydrogen (secondary N) is 1. The maximum absolute atomic E-state index is 13.0. The van der Waals surface area contributed by atoms with Crippen molar-refractivity contribution in [2.24, 2.45) is 5.41 Å². The van der Waals surface area contributed by atoms with Crippen molar-refractivity contribution in [1.29, 1.82) is 0 Å². The minimum Gasteiger partial charge on any atom is -0.481 e. The fraction of sp³-hybridized carbons (Fsp3) is 0.545. The second kappa shape index (κ2) is 9.60. The van der Waals surface area contributed by atoms with E-state index >= 15 is 0 Å². The SMILES string of the molecule is CC#CCOc1ccc(S(=O)(=O)CC2(C(=O)O)CCN(C(=O)NC(C)(C)C)CC2)cc1. The molecule has 1 fully saturated rings. The van der Waals surface area contributed by atoms with Crippen LogP contribution >= 0.6 is 0 Å². The zero-order valence-electron chi connectivity index (χ0n) is 18.4. The average molecular weight is 451 g/mol. The molecule has 2 N–H and O–H groups in total. The molecule has 0 atom stereocenters. The van der Waals surface area contributed by atoms with Gasteiger partial charge in [-0.2, -0.15) is 0 Å². The van der Waals surface area contributed by atoms with Crippen LogP contribution in [0.25, 0.3) is 0 Å². The lowest BCUT2D eigenvalue weighted by Crippen LogP contribution is -2.54. The second-order valence-electron chi connectivity index (χ2n) is 8.70. The lowest BCUT2D eigenvalue weighted by molar-refractivity contribution is -0.150. The fourth-order valence-corrected chi connectivity index (χ4v) is 5.20. The molecule has 0 aromatic heterocycles. The number of carbonyl (C=O) groups is 2. The van der Waals surface area contributed by atoms with E-state index in [4.69, 9.17) is 4.74 Å². The molecule has 0 unspecified atom stereocenters. The van der Waals surface area contributed by atoms with Gasteiger partial charge in [0, 0.05) is 18.6 Å². The Morgan fingerprint density at radius 3 is 2.26 bits per heavy atom. The van der Waals surface area contributed by atoms with E-state index in [1.54, 1.807) is 6.92 Å². The molecular formula is C22H30N2O6S. The van der Waals surface area contributed by atoms with Crippen LogP contribution in [0.15, 0.2) is 29.2 Å². The van der Waals surface area contributed by atoms with E-state index in [2.05, 4.69) is 17.2 Å². The first kappa shape index (κ1) is 24.5. The third-order valence-electron chi connectivity index (χ3n) is 5.08. The zero-order valence-corrected chi connectivity index (χ0v) is 19.2. The van der Waals surface area contributed by atoms with Gasteiger partial charge in [-0.3, -0.25) is 4.79 Å². The van der Waals surface area contributed by atoms with Gasteiger partial charge in [-0.1, -0.05) is 5.92 Å². The Bertz CT molecular complexity index is 960. The van der Waals surface area contributed by atoms with Crippen LogP contribution in [0.2, 0.25) is 0 Å². The Hall–Kier alpha value is -2.73. The van der Waals surface area contributed by atoms with Crippen molar-refractivity contribution in [1.82, 2.24) is 10.2 Å². The highest BCUT2D eigenvalue weighted by Gasteiger charge is 2.46. The molecule has 0 spiro atoms. The topological polar surface area (TPSA) is 113 Å². The lowest BCUT2D eigenvalue weighted by Gasteiger charge is -2.39. The molecule has 0 bridgehead atoms. The smallest absolute Gasteiger partial charge is 0.317 e. The first-order valence-corrected chi connectivity index (χ1v) is 11.7. The number of hydrogen-bond donors (Lipinski definition) is 2. The number of sulfone groups is 1. The van der Waals surface area contributed by atoms with E-state index in [0.29, 0.717) is 5.75 Å². The number of hydrogen-bond acceptors (Lipinski definition) is 5. The molecule has 31 heavy (non-hydrogen) atoms. The highest BCUT2D eigenvalue weighted by atomic mass is 32.2. The van der Waals surface area contributed by atoms with Gasteiger partial charge in [0.25, 0.3) is 0 Å². The first-order chi connectivity index (χ1) is 14.4. The summed E-state index contributed by atoms with van der Waals surface area (Å²) in [5, 5.41) is 12.7. The van der Waals surface area contributed by atoms with Crippen molar-refractivity contribution in [2.75, 3.05) is 25.4 Å². The van der Waals surface area contributed by atoms with Crippen LogP contribution in [0.5, 0.6) is 5.75 Å². The van der Waals surface area contributed by atoms with E-state index in [-0.39, 0.29) is 43.5 Å². The molecule has 8 nitrogen and oxygen atoms in total. The summed E-state index contributed by atoms with van der Waals surface area (Å²) in [5.74, 6) is 4.24. The number of piperidine rings is 1. The van der Waals surface area contributed by atoms with Crippen molar-refractivity contribution < 1.29 is 27.9 Å². The number of carbonyl (C=O) groups excluding carboxylic acids is 1. The molecule has 1 saturated heterocycles. The summed E-state index contributed by atoms with van der Waals surface area (Å²) in [7, 11) is -3.86. The standard InChI is InChI=1S/C22H30N2O6S/c1-5-6-15-30-17-7-9-18(10-8-17)31(28,29)16-22(19(25)26)11-13-24(14-12-22)20(27)23-21(2,3)4/h7-10H,11-16H2,1-4H3,(H,23,27)(H,25,26). The Labute approximate surface area is 183 Å². The molecule has 1 aliphatic heterocycles. The number of rotatable bonds is 6. The average Bonchev–Trinajstić information content (AvgIpc) is 2.67. The molecule has 0 aliphatic carbocycles. The largest absolute Gasteiger partial charge is 0.481 e. The number of nitrogens with zero attached hydrogens (tertiary/aromatic N) is 1. The van der Waals surface area contributed by atoms with Crippen LogP contribution in [0, 0.1) is 17.3 Å². The quantitative estimate of drug-likeness (QED) is 0.644. The highest BCUT2D eigenvalue weighted by molar-refractivity contribution is 7.91. The van der Waals surface area contributed by atoms with Gasteiger partial charge < -0.3 is 20.1 Å². The van der Waals surface area contributed by atoms with Crippen LogP contribution in [-0.2, 0) is 14.6 Å². The molecule has 170 valence electrons. The number of urea groups is 1. The summed E-state index contributed by atoms with van der Waals surface area (Å²) in [6.07, 6.45) is 0.131. The van der Waals surface area contributed by atoms with Crippen molar-refractivity contribution in [3.05, 3.63) is 24.3 Å². The number of likely N-dealkylation sites (tertiary alicyclic amines) is 1. The van der Waals surface area contributed by atoms with Gasteiger partial charge in [-0.15, -0.1) is 5.92 Å². The maximum atomic E-state index is 13.0. The predicted octanol–water partition coefficient (Wildman–Crippen LogP) is 2.54. The van der Waals surface area contributed by atoms with Crippen molar-refractivity contribution in [3.8, 4) is 17.6 Å². The molecule has 9 heteroatoms. The van der Waals surface area contributed by atoms with Crippen molar-refractivity contribution in [3.63, 3.8) is 0 Å². The predicted molar refractivity (Wildman–Crippen MR) is 117 cm³/mol. The Kier molecular flexibility index (Phi) is 7.60. The van der Waals surface area contributed by atoms with E-state index in [9.17, 15) is 23.1 Å². The molecule has 1 aromatic rings. The number of amides is 2. The van der Waals surface area contributed by atoms with Crippen molar-refractivity contribution >= 4 is 21.8 Å². The normalized spacial score (nSPS) is 16.1. The van der Waals surface area contributed by atoms with E-state index < -0.39 is 32.5 Å². The molecule has 0 saturated carbocycles. The third kappa shape index (κ3) is 6.62. The van der Waals surface area contributed by atoms with E-state index in [0.717, 1.165) is 0 Å². The van der Waals surface area contributed by atoms with Crippen LogP contribution in [0.4, 0.5) is 4.79 Å². The number of carboxylic acids is 1. The Morgan fingerprint density at radius 1 is 1.19 bits per heavy atom. The fourth-order valence-electron chi connectivity index (χ4n) is 3.34. The van der Waals surface area contributed by atoms with Gasteiger partial charge in [0.1, 0.15) is 12.4 Å². The molecule has 1 aliphatic rings. The van der Waals surface area contributed by atoms with Gasteiger partial charge >= 0.3 is 12.0 Å². The number of benzene rings is 1. The Balaban J connectivity index is 2.11. The summed E-state index contributed by atoms with van der Waals surface area (Å²) in [4.78, 5) is 26.0. The molecule has 2 rings (SSSR count). The summed E-state index contributed by atoms with van der Waals surface area (Å²) in [6, 6.07) is 5.59. The molecule has 0 radical (unpaired) electrons. The van der Waals surface area contributed by atoms with Gasteiger partial charge in [-0.05, 0) is 64.8 Å². The van der Waals surface area contributed by atoms with E-state index in [1.807, 2.05) is 20.8 Å². The first-order valence-electron chi connectivity index (χ1n) is 10.0. The lowest BCUT2D eigenvalue weighted by atomic mass is 9.80. The number of ether oxygens (including phenoxy) is 1. The van der Waals surface area contributed by atoms with Gasteiger partial charge in [-0.25, -0.2) is 13.2 Å². The summed E-state index contributed by atoms with van der Waals surface area (Å²) in [6.45, 7) is 7.82. The number of aliphatic carboxylic acids is 1. The van der Waals surface area contributed by atoms with Crippen LogP contribution in [0.1, 0.15) is 40.5 Å². The highest BCUT2D eigenvalue weighted by Crippen LogP contribution is 2.35. The second-order valence-corrected chi connectivity index (χ2v) is 10.7. The summed E-state index contributed by atoms with van der Waals surface area (Å²) in [5.41, 5.74) is -1.86. The number of carboxylic acid groups (broad SMARTS) is 1. The third-order valence-corrected chi connectivity index (χ3v) is 7.00. The van der Waals surface area contributed by atoms with Crippen LogP contribution in [-0.4, -0.2) is 61.4 Å². The molecular weight excluding hydrogens is 420 g/mol. The van der Waals surface area contributed by atoms with Crippen LogP contribution in [0.3, 0.4) is 0 Å². The minimum absolute atomic E-state index is 0.0370. The van der Waals surface area contributed by atoms with Gasteiger partial charge in [0.15, 0.2) is 9.84 Å². The minimum atomic E-state index is -3.86.